The summed E-state index contributed by atoms with van der Waals surface area (Å²) in [6.45, 7) is 11.2. The number of aliphatic hydroxyl groups excluding tert-OH is 1. The number of ether oxygens (including phenoxy) is 1. The van der Waals surface area contributed by atoms with Crippen molar-refractivity contribution in [2.24, 2.45) is 11.8 Å². The molecule has 0 aromatic heterocycles. The molecule has 0 aliphatic carbocycles. The molecule has 4 heteroatoms. The molecule has 1 rings (SSSR count). The SMILES string of the molecule is CC1=C(/C=C/C=C\C=C\[C@@H](C)[C@@H](O)/C(C)=C/CC(C)C)OC(C)(O)C1=O. The van der Waals surface area contributed by atoms with Crippen LogP contribution in [0.5, 0.6) is 0 Å². The number of rotatable bonds is 8. The van der Waals surface area contributed by atoms with Gasteiger partial charge in [0.2, 0.25) is 5.78 Å². The molecule has 0 amide bonds. The Hall–Kier alpha value is -1.91. The fourth-order valence-electron chi connectivity index (χ4n) is 2.53. The van der Waals surface area contributed by atoms with E-state index in [9.17, 15) is 15.0 Å². The Morgan fingerprint density at radius 2 is 1.81 bits per heavy atom. The second-order valence-electron chi connectivity index (χ2n) is 7.41. The molecule has 2 N–H and O–H groups in total. The highest BCUT2D eigenvalue weighted by Crippen LogP contribution is 2.28. The van der Waals surface area contributed by atoms with Crippen LogP contribution in [-0.4, -0.2) is 27.9 Å². The number of ketones is 1. The topological polar surface area (TPSA) is 66.8 Å². The van der Waals surface area contributed by atoms with E-state index in [1.807, 2.05) is 32.1 Å². The molecule has 0 aromatic carbocycles. The molecule has 0 saturated heterocycles. The van der Waals surface area contributed by atoms with Crippen LogP contribution in [0.25, 0.3) is 0 Å². The number of hydrogen-bond acceptors (Lipinski definition) is 4. The second kappa shape index (κ2) is 9.70. The zero-order chi connectivity index (χ0) is 19.9. The lowest BCUT2D eigenvalue weighted by atomic mass is 9.96. The van der Waals surface area contributed by atoms with E-state index in [1.165, 1.54) is 6.92 Å². The minimum absolute atomic E-state index is 0.0166. The lowest BCUT2D eigenvalue weighted by Gasteiger charge is -2.16. The van der Waals surface area contributed by atoms with E-state index in [-0.39, 0.29) is 5.92 Å². The molecule has 144 valence electrons. The highest BCUT2D eigenvalue weighted by Gasteiger charge is 2.41. The largest absolute Gasteiger partial charge is 0.455 e. The molecular formula is C22H32O4. The van der Waals surface area contributed by atoms with E-state index in [2.05, 4.69) is 19.9 Å². The maximum absolute atomic E-state index is 11.7. The first-order valence-corrected chi connectivity index (χ1v) is 9.09. The van der Waals surface area contributed by atoms with Gasteiger partial charge in [0.25, 0.3) is 5.79 Å². The normalized spacial score (nSPS) is 24.5. The number of aliphatic hydroxyl groups is 2. The molecule has 0 bridgehead atoms. The van der Waals surface area contributed by atoms with Gasteiger partial charge in [0.15, 0.2) is 0 Å². The Balaban J connectivity index is 2.56. The van der Waals surface area contributed by atoms with Crippen molar-refractivity contribution in [2.75, 3.05) is 0 Å². The lowest BCUT2D eigenvalue weighted by Crippen LogP contribution is -2.32. The monoisotopic (exact) mass is 360 g/mol. The van der Waals surface area contributed by atoms with Crippen molar-refractivity contribution in [1.29, 1.82) is 0 Å². The number of allylic oxidation sites excluding steroid dienone is 6. The van der Waals surface area contributed by atoms with Crippen LogP contribution in [0.3, 0.4) is 0 Å². The molecule has 1 aliphatic rings. The summed E-state index contributed by atoms with van der Waals surface area (Å²) in [5, 5.41) is 20.1. The number of carbonyl (C=O) groups excluding carboxylic acids is 1. The van der Waals surface area contributed by atoms with E-state index < -0.39 is 17.7 Å². The highest BCUT2D eigenvalue weighted by atomic mass is 16.6. The molecule has 0 spiro atoms. The molecular weight excluding hydrogens is 328 g/mol. The zero-order valence-corrected chi connectivity index (χ0v) is 16.7. The predicted octanol–water partition coefficient (Wildman–Crippen LogP) is 4.23. The fourth-order valence-corrected chi connectivity index (χ4v) is 2.53. The van der Waals surface area contributed by atoms with Gasteiger partial charge in [0.05, 0.1) is 6.10 Å². The molecule has 3 atom stereocenters. The molecule has 0 saturated carbocycles. The predicted molar refractivity (Wildman–Crippen MR) is 105 cm³/mol. The first kappa shape index (κ1) is 22.1. The van der Waals surface area contributed by atoms with Crippen LogP contribution >= 0.6 is 0 Å². The highest BCUT2D eigenvalue weighted by molar-refractivity contribution is 6.02. The summed E-state index contributed by atoms with van der Waals surface area (Å²) in [5.74, 6) is -1.20. The Labute approximate surface area is 157 Å². The van der Waals surface area contributed by atoms with Crippen LogP contribution in [0.2, 0.25) is 0 Å². The summed E-state index contributed by atoms with van der Waals surface area (Å²) in [6.07, 6.45) is 13.5. The van der Waals surface area contributed by atoms with E-state index in [4.69, 9.17) is 4.74 Å². The molecule has 1 heterocycles. The van der Waals surface area contributed by atoms with Gasteiger partial charge in [-0.15, -0.1) is 0 Å². The van der Waals surface area contributed by atoms with Crippen molar-refractivity contribution in [1.82, 2.24) is 0 Å². The molecule has 0 aromatic rings. The van der Waals surface area contributed by atoms with Crippen molar-refractivity contribution >= 4 is 5.78 Å². The van der Waals surface area contributed by atoms with E-state index in [0.29, 0.717) is 17.3 Å². The van der Waals surface area contributed by atoms with Crippen LogP contribution in [-0.2, 0) is 9.53 Å². The summed E-state index contributed by atoms with van der Waals surface area (Å²) < 4.78 is 5.22. The quantitative estimate of drug-likeness (QED) is 0.502. The zero-order valence-electron chi connectivity index (χ0n) is 16.7. The minimum atomic E-state index is -1.76. The first-order valence-electron chi connectivity index (χ1n) is 9.09. The van der Waals surface area contributed by atoms with E-state index in [1.54, 1.807) is 25.2 Å². The number of Topliss-reactive ketones (excluding diaryl/α,β-unsaturated/α-hetero) is 1. The third-order valence-electron chi connectivity index (χ3n) is 4.31. The molecule has 1 aliphatic heterocycles. The van der Waals surface area contributed by atoms with E-state index >= 15 is 0 Å². The number of carbonyl (C=O) groups is 1. The summed E-state index contributed by atoms with van der Waals surface area (Å²) in [4.78, 5) is 11.7. The fraction of sp³-hybridized carbons (Fsp3) is 0.500. The van der Waals surface area contributed by atoms with Gasteiger partial charge in [-0.2, -0.15) is 0 Å². The van der Waals surface area contributed by atoms with Gasteiger partial charge >= 0.3 is 0 Å². The van der Waals surface area contributed by atoms with Gasteiger partial charge in [-0.3, -0.25) is 4.79 Å². The summed E-state index contributed by atoms with van der Waals surface area (Å²) in [7, 11) is 0. The number of hydrogen-bond donors (Lipinski definition) is 2. The van der Waals surface area contributed by atoms with Crippen molar-refractivity contribution in [3.05, 3.63) is 59.4 Å². The Morgan fingerprint density at radius 1 is 1.19 bits per heavy atom. The van der Waals surface area contributed by atoms with E-state index in [0.717, 1.165) is 12.0 Å². The average Bonchev–Trinajstić information content (AvgIpc) is 2.77. The molecule has 4 nitrogen and oxygen atoms in total. The maximum atomic E-state index is 11.7. The lowest BCUT2D eigenvalue weighted by molar-refractivity contribution is -0.168. The Morgan fingerprint density at radius 3 is 2.35 bits per heavy atom. The third kappa shape index (κ3) is 6.43. The van der Waals surface area contributed by atoms with Crippen LogP contribution in [0.15, 0.2) is 59.4 Å². The minimum Gasteiger partial charge on any atom is -0.455 e. The van der Waals surface area contributed by atoms with Crippen molar-refractivity contribution in [3.63, 3.8) is 0 Å². The summed E-state index contributed by atoms with van der Waals surface area (Å²) in [6, 6.07) is 0. The van der Waals surface area contributed by atoms with Crippen molar-refractivity contribution < 1.29 is 19.7 Å². The van der Waals surface area contributed by atoms with Crippen LogP contribution in [0.4, 0.5) is 0 Å². The average molecular weight is 360 g/mol. The van der Waals surface area contributed by atoms with Gasteiger partial charge in [0.1, 0.15) is 5.76 Å². The first-order chi connectivity index (χ1) is 12.1. The maximum Gasteiger partial charge on any atom is 0.269 e. The van der Waals surface area contributed by atoms with Crippen molar-refractivity contribution in [2.45, 2.75) is 59.9 Å². The van der Waals surface area contributed by atoms with Crippen LogP contribution < -0.4 is 0 Å². The van der Waals surface area contributed by atoms with Gasteiger partial charge in [-0.25, -0.2) is 0 Å². The molecule has 26 heavy (non-hydrogen) atoms. The standard InChI is InChI=1S/C22H32O4/c1-15(2)13-14-17(4)20(23)16(3)11-9-7-8-10-12-19-18(5)21(24)22(6,25)26-19/h7-12,14-16,20,23,25H,13H2,1-6H3/b8-7-,11-9+,12-10+,17-14+/t16-,20-,22?/m1/s1. The van der Waals surface area contributed by atoms with Gasteiger partial charge < -0.3 is 14.9 Å². The van der Waals surface area contributed by atoms with Gasteiger partial charge in [-0.05, 0) is 37.8 Å². The smallest absolute Gasteiger partial charge is 0.269 e. The summed E-state index contributed by atoms with van der Waals surface area (Å²) in [5.41, 5.74) is 1.41. The van der Waals surface area contributed by atoms with Gasteiger partial charge in [0, 0.05) is 18.4 Å². The van der Waals surface area contributed by atoms with Crippen molar-refractivity contribution in [3.8, 4) is 0 Å². The summed E-state index contributed by atoms with van der Waals surface area (Å²) >= 11 is 0. The van der Waals surface area contributed by atoms with Crippen LogP contribution in [0, 0.1) is 11.8 Å². The Bertz CT molecular complexity index is 645. The Kier molecular flexibility index (Phi) is 8.25. The molecule has 0 fully saturated rings. The molecule has 1 unspecified atom stereocenters. The van der Waals surface area contributed by atoms with Crippen LogP contribution in [0.1, 0.15) is 48.0 Å². The third-order valence-corrected chi connectivity index (χ3v) is 4.31. The van der Waals surface area contributed by atoms with Gasteiger partial charge in [-0.1, -0.05) is 57.2 Å². The molecule has 0 radical (unpaired) electrons. The second-order valence-corrected chi connectivity index (χ2v) is 7.41.